The molecule has 170 valence electrons. The van der Waals surface area contributed by atoms with Crippen molar-refractivity contribution >= 4 is 27.5 Å². The summed E-state index contributed by atoms with van der Waals surface area (Å²) in [6.45, 7) is 2.96. The van der Waals surface area contributed by atoms with Crippen LogP contribution in [0.1, 0.15) is 40.0 Å². The van der Waals surface area contributed by atoms with E-state index in [2.05, 4.69) is 5.32 Å². The molecule has 2 aromatic carbocycles. The summed E-state index contributed by atoms with van der Waals surface area (Å²) >= 11 is 0. The Kier molecular flexibility index (Phi) is 6.88. The van der Waals surface area contributed by atoms with Gasteiger partial charge in [-0.3, -0.25) is 9.59 Å². The molecule has 8 nitrogen and oxygen atoms in total. The maximum Gasteiger partial charge on any atom is 0.256 e. The van der Waals surface area contributed by atoms with E-state index in [1.54, 1.807) is 41.3 Å². The van der Waals surface area contributed by atoms with E-state index in [0.29, 0.717) is 50.6 Å². The van der Waals surface area contributed by atoms with Crippen LogP contribution in [0.5, 0.6) is 0 Å². The summed E-state index contributed by atoms with van der Waals surface area (Å²) in [5.74, 6) is -0.645. The van der Waals surface area contributed by atoms with E-state index in [-0.39, 0.29) is 16.4 Å². The van der Waals surface area contributed by atoms with Crippen molar-refractivity contribution in [3.05, 3.63) is 59.7 Å². The van der Waals surface area contributed by atoms with Crippen LogP contribution in [0.15, 0.2) is 53.4 Å². The largest absolute Gasteiger partial charge is 0.378 e. The van der Waals surface area contributed by atoms with Gasteiger partial charge in [-0.15, -0.1) is 0 Å². The highest BCUT2D eigenvalue weighted by Crippen LogP contribution is 2.23. The van der Waals surface area contributed by atoms with Gasteiger partial charge in [0.25, 0.3) is 11.8 Å². The topological polar surface area (TPSA) is 96.0 Å². The lowest BCUT2D eigenvalue weighted by molar-refractivity contribution is 0.0303. The van der Waals surface area contributed by atoms with Crippen LogP contribution >= 0.6 is 0 Å². The van der Waals surface area contributed by atoms with Crippen LogP contribution in [0.4, 0.5) is 5.69 Å². The van der Waals surface area contributed by atoms with Crippen LogP contribution in [-0.2, 0) is 14.8 Å². The number of ether oxygens (including phenoxy) is 1. The molecular weight excluding hydrogens is 430 g/mol. The highest BCUT2D eigenvalue weighted by Gasteiger charge is 2.27. The van der Waals surface area contributed by atoms with Crippen molar-refractivity contribution in [2.24, 2.45) is 0 Å². The number of hydrogen-bond acceptors (Lipinski definition) is 5. The third-order valence-corrected chi connectivity index (χ3v) is 7.65. The van der Waals surface area contributed by atoms with Crippen LogP contribution < -0.4 is 5.32 Å². The molecule has 0 spiro atoms. The number of nitrogens with zero attached hydrogens (tertiary/aromatic N) is 2. The van der Waals surface area contributed by atoms with Gasteiger partial charge >= 0.3 is 0 Å². The normalized spacial score (nSPS) is 17.7. The third kappa shape index (κ3) is 4.85. The number of carbonyl (C=O) groups excluding carboxylic acids is 2. The van der Waals surface area contributed by atoms with E-state index in [1.807, 2.05) is 0 Å². The van der Waals surface area contributed by atoms with E-state index < -0.39 is 15.9 Å². The lowest BCUT2D eigenvalue weighted by Gasteiger charge is -2.27. The highest BCUT2D eigenvalue weighted by atomic mass is 32.2. The summed E-state index contributed by atoms with van der Waals surface area (Å²) in [6, 6.07) is 12.9. The van der Waals surface area contributed by atoms with Crippen LogP contribution in [0.25, 0.3) is 0 Å². The molecule has 0 aromatic heterocycles. The SMILES string of the molecule is O=C(Nc1ccccc1C(=O)N1CCOCC1)c1cccc(S(=O)(=O)N2CCCCC2)c1. The van der Waals surface area contributed by atoms with Crippen molar-refractivity contribution in [3.8, 4) is 0 Å². The fourth-order valence-corrected chi connectivity index (χ4v) is 5.53. The molecule has 0 aliphatic carbocycles. The number of nitrogens with one attached hydrogen (secondary N) is 1. The van der Waals surface area contributed by atoms with Crippen molar-refractivity contribution in [3.63, 3.8) is 0 Å². The molecular formula is C23H27N3O5S. The molecule has 0 radical (unpaired) electrons. The number of piperidine rings is 1. The van der Waals surface area contributed by atoms with Gasteiger partial charge in [-0.1, -0.05) is 24.6 Å². The number of sulfonamides is 1. The molecule has 32 heavy (non-hydrogen) atoms. The van der Waals surface area contributed by atoms with E-state index in [9.17, 15) is 18.0 Å². The number of rotatable bonds is 5. The van der Waals surface area contributed by atoms with Crippen LogP contribution in [0.3, 0.4) is 0 Å². The zero-order valence-electron chi connectivity index (χ0n) is 17.8. The minimum Gasteiger partial charge on any atom is -0.378 e. The number of benzene rings is 2. The smallest absolute Gasteiger partial charge is 0.256 e. The number of carbonyl (C=O) groups is 2. The first-order chi connectivity index (χ1) is 15.5. The highest BCUT2D eigenvalue weighted by molar-refractivity contribution is 7.89. The van der Waals surface area contributed by atoms with Gasteiger partial charge in [0.15, 0.2) is 0 Å². The fourth-order valence-electron chi connectivity index (χ4n) is 3.96. The zero-order valence-corrected chi connectivity index (χ0v) is 18.6. The van der Waals surface area contributed by atoms with Crippen molar-refractivity contribution in [1.82, 2.24) is 9.21 Å². The maximum absolute atomic E-state index is 13.0. The third-order valence-electron chi connectivity index (χ3n) is 5.75. The second-order valence-corrected chi connectivity index (χ2v) is 9.83. The van der Waals surface area contributed by atoms with Crippen molar-refractivity contribution in [2.45, 2.75) is 24.2 Å². The Bertz CT molecular complexity index is 1090. The molecule has 2 aromatic rings. The van der Waals surface area contributed by atoms with E-state index >= 15 is 0 Å². The predicted octanol–water partition coefficient (Wildman–Crippen LogP) is 2.59. The van der Waals surface area contributed by atoms with Gasteiger partial charge in [0.05, 0.1) is 29.4 Å². The quantitative estimate of drug-likeness (QED) is 0.745. The first-order valence-electron chi connectivity index (χ1n) is 10.8. The second kappa shape index (κ2) is 9.81. The predicted molar refractivity (Wildman–Crippen MR) is 120 cm³/mol. The monoisotopic (exact) mass is 457 g/mol. The Morgan fingerprint density at radius 1 is 0.875 bits per heavy atom. The van der Waals surface area contributed by atoms with Gasteiger partial charge in [0, 0.05) is 31.7 Å². The van der Waals surface area contributed by atoms with Gasteiger partial charge in [-0.05, 0) is 43.2 Å². The molecule has 1 N–H and O–H groups in total. The maximum atomic E-state index is 13.0. The molecule has 0 unspecified atom stereocenters. The molecule has 2 amide bonds. The lowest BCUT2D eigenvalue weighted by Crippen LogP contribution is -2.41. The molecule has 2 aliphatic rings. The van der Waals surface area contributed by atoms with Crippen molar-refractivity contribution in [2.75, 3.05) is 44.7 Å². The van der Waals surface area contributed by atoms with Crippen LogP contribution in [0.2, 0.25) is 0 Å². The number of amides is 2. The molecule has 2 heterocycles. The van der Waals surface area contributed by atoms with Gasteiger partial charge in [-0.2, -0.15) is 4.31 Å². The molecule has 2 saturated heterocycles. The Balaban J connectivity index is 1.54. The Hall–Kier alpha value is -2.75. The first kappa shape index (κ1) is 22.4. The molecule has 4 rings (SSSR count). The van der Waals surface area contributed by atoms with Crippen molar-refractivity contribution in [1.29, 1.82) is 0 Å². The average molecular weight is 458 g/mol. The Morgan fingerprint density at radius 2 is 1.59 bits per heavy atom. The summed E-state index contributed by atoms with van der Waals surface area (Å²) < 4.78 is 32.7. The summed E-state index contributed by atoms with van der Waals surface area (Å²) in [6.07, 6.45) is 2.71. The van der Waals surface area contributed by atoms with Crippen LogP contribution in [-0.4, -0.2) is 68.8 Å². The minimum atomic E-state index is -3.65. The second-order valence-electron chi connectivity index (χ2n) is 7.90. The Labute approximate surface area is 188 Å². The number of hydrogen-bond donors (Lipinski definition) is 1. The van der Waals surface area contributed by atoms with Crippen molar-refractivity contribution < 1.29 is 22.7 Å². The number of morpholine rings is 1. The van der Waals surface area contributed by atoms with Gasteiger partial charge in [0.2, 0.25) is 10.0 Å². The molecule has 9 heteroatoms. The average Bonchev–Trinajstić information content (AvgIpc) is 2.85. The summed E-state index contributed by atoms with van der Waals surface area (Å²) in [5, 5.41) is 2.78. The van der Waals surface area contributed by atoms with Gasteiger partial charge < -0.3 is 15.0 Å². The minimum absolute atomic E-state index is 0.102. The lowest BCUT2D eigenvalue weighted by atomic mass is 10.1. The first-order valence-corrected chi connectivity index (χ1v) is 12.3. The standard InChI is InChI=1S/C23H27N3O5S/c27-22(18-7-6-8-19(17-18)32(29,30)26-11-4-1-5-12-26)24-21-10-3-2-9-20(21)23(28)25-13-15-31-16-14-25/h2-3,6-10,17H,1,4-5,11-16H2,(H,24,27). The summed E-state index contributed by atoms with van der Waals surface area (Å²) in [7, 11) is -3.65. The fraction of sp³-hybridized carbons (Fsp3) is 0.391. The van der Waals surface area contributed by atoms with E-state index in [0.717, 1.165) is 19.3 Å². The van der Waals surface area contributed by atoms with Crippen LogP contribution in [0, 0.1) is 0 Å². The van der Waals surface area contributed by atoms with E-state index in [4.69, 9.17) is 4.74 Å². The summed E-state index contributed by atoms with van der Waals surface area (Å²) in [4.78, 5) is 27.7. The van der Waals surface area contributed by atoms with Gasteiger partial charge in [0.1, 0.15) is 0 Å². The Morgan fingerprint density at radius 3 is 2.34 bits per heavy atom. The molecule has 2 aliphatic heterocycles. The summed E-state index contributed by atoms with van der Waals surface area (Å²) in [5.41, 5.74) is 0.995. The number of para-hydroxylation sites is 1. The molecule has 0 saturated carbocycles. The number of anilines is 1. The molecule has 2 fully saturated rings. The molecule has 0 bridgehead atoms. The zero-order chi connectivity index (χ0) is 22.6. The molecule has 0 atom stereocenters. The van der Waals surface area contributed by atoms with E-state index in [1.165, 1.54) is 16.4 Å². The van der Waals surface area contributed by atoms with Gasteiger partial charge in [-0.25, -0.2) is 8.42 Å².